The summed E-state index contributed by atoms with van der Waals surface area (Å²) in [6, 6.07) is 10.5. The van der Waals surface area contributed by atoms with Gasteiger partial charge in [0.15, 0.2) is 5.76 Å². The first kappa shape index (κ1) is 10.9. The summed E-state index contributed by atoms with van der Waals surface area (Å²) in [5, 5.41) is 4.26. The van der Waals surface area contributed by atoms with Gasteiger partial charge in [-0.25, -0.2) is 0 Å². The second-order valence-electron chi connectivity index (χ2n) is 3.42. The molecule has 0 spiro atoms. The van der Waals surface area contributed by atoms with Gasteiger partial charge in [0.05, 0.1) is 6.26 Å². The number of ether oxygens (including phenoxy) is 1. The van der Waals surface area contributed by atoms with Crippen molar-refractivity contribution in [2.45, 2.75) is 0 Å². The summed E-state index contributed by atoms with van der Waals surface area (Å²) >= 11 is 5.84. The van der Waals surface area contributed by atoms with E-state index in [1.54, 1.807) is 36.4 Å². The van der Waals surface area contributed by atoms with Crippen LogP contribution < -0.4 is 4.74 Å². The molecular formula is C12H7ClN2O3. The zero-order valence-electron chi connectivity index (χ0n) is 9.04. The molecule has 0 saturated carbocycles. The molecule has 0 amide bonds. The van der Waals surface area contributed by atoms with Crippen molar-refractivity contribution in [2.75, 3.05) is 0 Å². The number of hydrogen-bond acceptors (Lipinski definition) is 5. The van der Waals surface area contributed by atoms with Gasteiger partial charge in [-0.1, -0.05) is 17.7 Å². The van der Waals surface area contributed by atoms with Gasteiger partial charge in [-0.05, 0) is 35.5 Å². The Bertz CT molecular complexity index is 649. The number of aromatic nitrogens is 2. The summed E-state index contributed by atoms with van der Waals surface area (Å²) in [6.07, 6.45) is 1.52. The molecule has 0 atom stereocenters. The lowest BCUT2D eigenvalue weighted by Gasteiger charge is -1.99. The maximum Gasteiger partial charge on any atom is 0.360 e. The lowest BCUT2D eigenvalue weighted by molar-refractivity contribution is 0.367. The molecule has 0 aliphatic rings. The molecule has 2 heterocycles. The number of furan rings is 1. The van der Waals surface area contributed by atoms with Gasteiger partial charge in [0.25, 0.3) is 5.89 Å². The van der Waals surface area contributed by atoms with Gasteiger partial charge in [0.2, 0.25) is 0 Å². The van der Waals surface area contributed by atoms with Crippen molar-refractivity contribution < 1.29 is 13.7 Å². The number of nitrogens with zero attached hydrogens (tertiary/aromatic N) is 2. The van der Waals surface area contributed by atoms with E-state index in [4.69, 9.17) is 25.3 Å². The molecule has 0 bridgehead atoms. The highest BCUT2D eigenvalue weighted by Crippen LogP contribution is 2.24. The van der Waals surface area contributed by atoms with E-state index in [9.17, 15) is 0 Å². The Balaban J connectivity index is 1.82. The number of halogens is 1. The van der Waals surface area contributed by atoms with Gasteiger partial charge in [0, 0.05) is 5.02 Å². The molecule has 6 heteroatoms. The van der Waals surface area contributed by atoms with Crippen LogP contribution in [0, 0.1) is 0 Å². The van der Waals surface area contributed by atoms with Gasteiger partial charge in [-0.15, -0.1) is 0 Å². The molecule has 5 nitrogen and oxygen atoms in total. The van der Waals surface area contributed by atoms with Crippen LogP contribution in [0.15, 0.2) is 51.6 Å². The minimum Gasteiger partial charge on any atom is -0.459 e. The Morgan fingerprint density at radius 3 is 2.89 bits per heavy atom. The van der Waals surface area contributed by atoms with E-state index in [0.29, 0.717) is 16.5 Å². The quantitative estimate of drug-likeness (QED) is 0.719. The number of rotatable bonds is 3. The standard InChI is InChI=1S/C12H7ClN2O3/c13-8-3-1-4-9(7-8)17-12-14-11(18-15-12)10-5-2-6-16-10/h1-7H. The van der Waals surface area contributed by atoms with E-state index < -0.39 is 0 Å². The molecule has 3 rings (SSSR count). The summed E-state index contributed by atoms with van der Waals surface area (Å²) in [6.45, 7) is 0. The SMILES string of the molecule is Clc1cccc(Oc2noc(-c3ccco3)n2)c1. The number of benzene rings is 1. The van der Waals surface area contributed by atoms with Crippen LogP contribution >= 0.6 is 11.6 Å². The van der Waals surface area contributed by atoms with E-state index in [2.05, 4.69) is 10.1 Å². The zero-order chi connectivity index (χ0) is 12.4. The molecule has 0 unspecified atom stereocenters. The summed E-state index contributed by atoms with van der Waals surface area (Å²) in [5.74, 6) is 1.29. The Labute approximate surface area is 107 Å². The summed E-state index contributed by atoms with van der Waals surface area (Å²) in [5.41, 5.74) is 0. The van der Waals surface area contributed by atoms with Crippen molar-refractivity contribution in [1.29, 1.82) is 0 Å². The van der Waals surface area contributed by atoms with Gasteiger partial charge in [-0.2, -0.15) is 4.98 Å². The van der Waals surface area contributed by atoms with Crippen LogP contribution in [0.2, 0.25) is 5.02 Å². The van der Waals surface area contributed by atoms with Crippen LogP contribution in [0.4, 0.5) is 0 Å². The predicted octanol–water partition coefficient (Wildman–Crippen LogP) is 3.78. The van der Waals surface area contributed by atoms with Crippen molar-refractivity contribution in [3.05, 3.63) is 47.7 Å². The normalized spacial score (nSPS) is 10.5. The fourth-order valence-corrected chi connectivity index (χ4v) is 1.57. The molecule has 0 saturated heterocycles. The number of hydrogen-bond donors (Lipinski definition) is 0. The van der Waals surface area contributed by atoms with Gasteiger partial charge < -0.3 is 13.7 Å². The minimum absolute atomic E-state index is 0.101. The lowest BCUT2D eigenvalue weighted by Crippen LogP contribution is -1.85. The fraction of sp³-hybridized carbons (Fsp3) is 0. The highest BCUT2D eigenvalue weighted by molar-refractivity contribution is 6.30. The molecule has 18 heavy (non-hydrogen) atoms. The molecule has 3 aromatic rings. The second-order valence-corrected chi connectivity index (χ2v) is 3.86. The van der Waals surface area contributed by atoms with Crippen molar-refractivity contribution in [1.82, 2.24) is 10.1 Å². The Morgan fingerprint density at radius 1 is 1.17 bits per heavy atom. The van der Waals surface area contributed by atoms with Crippen LogP contribution in [-0.4, -0.2) is 10.1 Å². The van der Waals surface area contributed by atoms with E-state index in [1.807, 2.05) is 0 Å². The minimum atomic E-state index is 0.101. The van der Waals surface area contributed by atoms with Crippen LogP contribution in [0.5, 0.6) is 11.8 Å². The maximum atomic E-state index is 5.84. The third kappa shape index (κ3) is 2.21. The molecule has 2 aromatic heterocycles. The Kier molecular flexibility index (Phi) is 2.74. The predicted molar refractivity (Wildman–Crippen MR) is 63.5 cm³/mol. The molecule has 90 valence electrons. The van der Waals surface area contributed by atoms with Gasteiger partial charge in [-0.3, -0.25) is 0 Å². The van der Waals surface area contributed by atoms with E-state index in [-0.39, 0.29) is 11.9 Å². The van der Waals surface area contributed by atoms with E-state index >= 15 is 0 Å². The maximum absolute atomic E-state index is 5.84. The van der Waals surface area contributed by atoms with Crippen LogP contribution in [0.25, 0.3) is 11.7 Å². The first-order chi connectivity index (χ1) is 8.81. The van der Waals surface area contributed by atoms with Crippen molar-refractivity contribution in [2.24, 2.45) is 0 Å². The highest BCUT2D eigenvalue weighted by Gasteiger charge is 2.12. The summed E-state index contributed by atoms with van der Waals surface area (Å²) in [4.78, 5) is 4.04. The van der Waals surface area contributed by atoms with Gasteiger partial charge >= 0.3 is 6.01 Å². The zero-order valence-corrected chi connectivity index (χ0v) is 9.79. The molecule has 0 N–H and O–H groups in total. The highest BCUT2D eigenvalue weighted by atomic mass is 35.5. The lowest BCUT2D eigenvalue weighted by atomic mass is 10.3. The molecule has 1 aromatic carbocycles. The first-order valence-corrected chi connectivity index (χ1v) is 5.50. The second kappa shape index (κ2) is 4.54. The van der Waals surface area contributed by atoms with E-state index in [1.165, 1.54) is 6.26 Å². The molecule has 0 radical (unpaired) electrons. The van der Waals surface area contributed by atoms with Crippen LogP contribution in [0.3, 0.4) is 0 Å². The Morgan fingerprint density at radius 2 is 2.11 bits per heavy atom. The molecular weight excluding hydrogens is 256 g/mol. The Hall–Kier alpha value is -2.27. The van der Waals surface area contributed by atoms with E-state index in [0.717, 1.165) is 0 Å². The van der Waals surface area contributed by atoms with Crippen molar-refractivity contribution >= 4 is 11.6 Å². The van der Waals surface area contributed by atoms with Crippen LogP contribution in [0.1, 0.15) is 0 Å². The average Bonchev–Trinajstić information content (AvgIpc) is 2.98. The third-order valence-corrected chi connectivity index (χ3v) is 2.38. The smallest absolute Gasteiger partial charge is 0.360 e. The topological polar surface area (TPSA) is 61.3 Å². The van der Waals surface area contributed by atoms with Gasteiger partial charge in [0.1, 0.15) is 5.75 Å². The van der Waals surface area contributed by atoms with Crippen molar-refractivity contribution in [3.63, 3.8) is 0 Å². The average molecular weight is 263 g/mol. The molecule has 0 aliphatic carbocycles. The molecule has 0 aliphatic heterocycles. The summed E-state index contributed by atoms with van der Waals surface area (Å²) < 4.78 is 15.5. The third-order valence-electron chi connectivity index (χ3n) is 2.14. The monoisotopic (exact) mass is 262 g/mol. The summed E-state index contributed by atoms with van der Waals surface area (Å²) in [7, 11) is 0. The molecule has 0 fully saturated rings. The first-order valence-electron chi connectivity index (χ1n) is 5.12. The fourth-order valence-electron chi connectivity index (χ4n) is 1.39. The van der Waals surface area contributed by atoms with Crippen molar-refractivity contribution in [3.8, 4) is 23.4 Å². The van der Waals surface area contributed by atoms with Crippen LogP contribution in [-0.2, 0) is 0 Å². The largest absolute Gasteiger partial charge is 0.459 e.